The third-order valence-corrected chi connectivity index (χ3v) is 2.64. The molecule has 0 fully saturated rings. The van der Waals surface area contributed by atoms with Crippen LogP contribution >= 0.6 is 0 Å². The Morgan fingerprint density at radius 3 is 2.47 bits per heavy atom. The first-order valence-corrected chi connectivity index (χ1v) is 5.66. The molecule has 0 saturated heterocycles. The van der Waals surface area contributed by atoms with Crippen LogP contribution in [-0.2, 0) is 0 Å². The molecule has 0 saturated carbocycles. The van der Waals surface area contributed by atoms with Crippen LogP contribution in [0, 0.1) is 6.92 Å². The van der Waals surface area contributed by atoms with Crippen molar-refractivity contribution in [1.82, 2.24) is 4.73 Å². The summed E-state index contributed by atoms with van der Waals surface area (Å²) >= 11 is 0. The van der Waals surface area contributed by atoms with Crippen molar-refractivity contribution in [3.63, 3.8) is 0 Å². The third-order valence-electron chi connectivity index (χ3n) is 2.64. The van der Waals surface area contributed by atoms with Gasteiger partial charge in [0.05, 0.1) is 11.0 Å². The van der Waals surface area contributed by atoms with Crippen LogP contribution in [-0.4, -0.2) is 9.94 Å². The lowest BCUT2D eigenvalue weighted by molar-refractivity contribution is 0.172. The maximum atomic E-state index is 10.0. The van der Waals surface area contributed by atoms with E-state index in [9.17, 15) is 5.21 Å². The van der Waals surface area contributed by atoms with Gasteiger partial charge in [-0.15, -0.1) is 0 Å². The van der Waals surface area contributed by atoms with Crippen molar-refractivity contribution in [2.24, 2.45) is 0 Å². The minimum Gasteiger partial charge on any atom is -0.428 e. The number of hydrogen-bond donors (Lipinski definition) is 1. The molecule has 0 atom stereocenters. The molecule has 0 unspecified atom stereocenters. The summed E-state index contributed by atoms with van der Waals surface area (Å²) in [6.07, 6.45) is 13.3. The highest BCUT2D eigenvalue weighted by Gasteiger charge is 2.06. The van der Waals surface area contributed by atoms with E-state index in [0.717, 1.165) is 21.8 Å². The second kappa shape index (κ2) is 5.94. The van der Waals surface area contributed by atoms with E-state index in [0.29, 0.717) is 0 Å². The summed E-state index contributed by atoms with van der Waals surface area (Å²) in [5.74, 6) is 0. The van der Waals surface area contributed by atoms with Crippen LogP contribution < -0.4 is 10.6 Å². The quantitative estimate of drug-likeness (QED) is 0.625. The van der Waals surface area contributed by atoms with Crippen molar-refractivity contribution < 1.29 is 5.21 Å². The van der Waals surface area contributed by atoms with Gasteiger partial charge in [0, 0.05) is 10.8 Å². The molecule has 1 aromatic rings. The fourth-order valence-electron chi connectivity index (χ4n) is 1.77. The van der Waals surface area contributed by atoms with Gasteiger partial charge in [-0.3, -0.25) is 0 Å². The highest BCUT2D eigenvalue weighted by molar-refractivity contribution is 5.57. The fourth-order valence-corrected chi connectivity index (χ4v) is 1.77. The predicted octanol–water partition coefficient (Wildman–Crippen LogP) is 2.39. The molecule has 17 heavy (non-hydrogen) atoms. The number of hydrogen-bond acceptors (Lipinski definition) is 1. The Morgan fingerprint density at radius 1 is 1.24 bits per heavy atom. The topological polar surface area (TPSA) is 25.2 Å². The van der Waals surface area contributed by atoms with Crippen molar-refractivity contribution in [3.05, 3.63) is 52.7 Å². The van der Waals surface area contributed by atoms with E-state index in [1.54, 1.807) is 6.08 Å². The van der Waals surface area contributed by atoms with Crippen molar-refractivity contribution in [1.29, 1.82) is 0 Å². The Labute approximate surface area is 102 Å². The van der Waals surface area contributed by atoms with Crippen LogP contribution in [0.5, 0.6) is 0 Å². The maximum absolute atomic E-state index is 10.0. The second-order valence-corrected chi connectivity index (χ2v) is 3.69. The first-order chi connectivity index (χ1) is 8.17. The van der Waals surface area contributed by atoms with Crippen LogP contribution in [0.2, 0.25) is 0 Å². The largest absolute Gasteiger partial charge is 0.428 e. The number of rotatable bonds is 3. The normalized spacial score (nSPS) is 14.3. The molecule has 0 aliphatic carbocycles. The molecule has 0 radical (unpaired) electrons. The van der Waals surface area contributed by atoms with E-state index in [1.807, 2.05) is 57.2 Å². The van der Waals surface area contributed by atoms with E-state index >= 15 is 0 Å². The Balaban J connectivity index is 3.66. The van der Waals surface area contributed by atoms with E-state index in [4.69, 9.17) is 0 Å². The molecule has 1 aromatic heterocycles. The van der Waals surface area contributed by atoms with Gasteiger partial charge < -0.3 is 5.21 Å². The standard InChI is InChI=1S/C15H19NO/c1-5-8-10-14-12(4)16(17)15(11-9-6-2)13(14)7-3/h5-11,17H,1H2,2-4H3/b9-6-,10-8-,13-7-,15-11+. The van der Waals surface area contributed by atoms with Crippen molar-refractivity contribution in [2.75, 3.05) is 0 Å². The summed E-state index contributed by atoms with van der Waals surface area (Å²) in [6, 6.07) is 0. The average Bonchev–Trinajstić information content (AvgIpc) is 2.57. The smallest absolute Gasteiger partial charge is 0.0871 e. The third kappa shape index (κ3) is 2.59. The van der Waals surface area contributed by atoms with Gasteiger partial charge in [0.2, 0.25) is 0 Å². The first kappa shape index (κ1) is 13.1. The molecule has 0 aliphatic rings. The summed E-state index contributed by atoms with van der Waals surface area (Å²) in [7, 11) is 0. The molecule has 0 spiro atoms. The zero-order valence-corrected chi connectivity index (χ0v) is 10.6. The number of aromatic nitrogens is 1. The minimum absolute atomic E-state index is 0.798. The molecular formula is C15H19NO. The Morgan fingerprint density at radius 2 is 1.94 bits per heavy atom. The van der Waals surface area contributed by atoms with Gasteiger partial charge in [-0.2, -0.15) is 4.73 Å². The van der Waals surface area contributed by atoms with Gasteiger partial charge in [0.1, 0.15) is 0 Å². The van der Waals surface area contributed by atoms with Gasteiger partial charge in [-0.05, 0) is 26.8 Å². The molecule has 0 bridgehead atoms. The van der Waals surface area contributed by atoms with Crippen LogP contribution in [0.15, 0.2) is 30.9 Å². The van der Waals surface area contributed by atoms with Gasteiger partial charge in [0.25, 0.3) is 0 Å². The fraction of sp³-hybridized carbons (Fsp3) is 0.200. The molecule has 1 N–H and O–H groups in total. The summed E-state index contributed by atoms with van der Waals surface area (Å²) in [5, 5.41) is 11.9. The Kier molecular flexibility index (Phi) is 4.58. The minimum atomic E-state index is 0.798. The van der Waals surface area contributed by atoms with Crippen LogP contribution in [0.25, 0.3) is 18.2 Å². The zero-order chi connectivity index (χ0) is 12.8. The first-order valence-electron chi connectivity index (χ1n) is 5.66. The lowest BCUT2D eigenvalue weighted by Crippen LogP contribution is -2.28. The molecule has 0 aromatic carbocycles. The van der Waals surface area contributed by atoms with E-state index in [-0.39, 0.29) is 0 Å². The summed E-state index contributed by atoms with van der Waals surface area (Å²) in [6.45, 7) is 9.46. The van der Waals surface area contributed by atoms with Gasteiger partial charge in [-0.25, -0.2) is 0 Å². The molecule has 0 amide bonds. The number of nitrogens with zero attached hydrogens (tertiary/aromatic N) is 1. The van der Waals surface area contributed by atoms with E-state index in [2.05, 4.69) is 6.58 Å². The molecule has 1 heterocycles. The van der Waals surface area contributed by atoms with E-state index < -0.39 is 0 Å². The van der Waals surface area contributed by atoms with Gasteiger partial charge in [0.15, 0.2) is 0 Å². The van der Waals surface area contributed by atoms with Crippen LogP contribution in [0.3, 0.4) is 0 Å². The SMILES string of the molecule is C=C/C=C\c1c(C)n(O)c(=C/C=C\C)/c1=C\C. The Bertz CT molecular complexity index is 571. The predicted molar refractivity (Wildman–Crippen MR) is 74.3 cm³/mol. The average molecular weight is 229 g/mol. The highest BCUT2D eigenvalue weighted by atomic mass is 16.5. The molecule has 90 valence electrons. The molecule has 2 heteroatoms. The van der Waals surface area contributed by atoms with Gasteiger partial charge >= 0.3 is 0 Å². The zero-order valence-electron chi connectivity index (χ0n) is 10.6. The summed E-state index contributed by atoms with van der Waals surface area (Å²) in [4.78, 5) is 0. The number of allylic oxidation sites excluding steroid dienone is 4. The molecule has 2 nitrogen and oxygen atoms in total. The van der Waals surface area contributed by atoms with Crippen LogP contribution in [0.1, 0.15) is 25.1 Å². The molecule has 1 rings (SSSR count). The summed E-state index contributed by atoms with van der Waals surface area (Å²) < 4.78 is 1.22. The highest BCUT2D eigenvalue weighted by Crippen LogP contribution is 2.02. The lowest BCUT2D eigenvalue weighted by Gasteiger charge is -1.95. The lowest BCUT2D eigenvalue weighted by atomic mass is 10.2. The summed E-state index contributed by atoms with van der Waals surface area (Å²) in [5.41, 5.74) is 1.85. The van der Waals surface area contributed by atoms with Crippen LogP contribution in [0.4, 0.5) is 0 Å². The maximum Gasteiger partial charge on any atom is 0.0871 e. The van der Waals surface area contributed by atoms with E-state index in [1.165, 1.54) is 4.73 Å². The molecule has 0 aliphatic heterocycles. The second-order valence-electron chi connectivity index (χ2n) is 3.69. The Hall–Kier alpha value is -1.96. The molecular weight excluding hydrogens is 210 g/mol. The van der Waals surface area contributed by atoms with Crippen molar-refractivity contribution in [2.45, 2.75) is 20.8 Å². The van der Waals surface area contributed by atoms with Crippen molar-refractivity contribution >= 4 is 18.2 Å². The monoisotopic (exact) mass is 229 g/mol. The van der Waals surface area contributed by atoms with Gasteiger partial charge in [-0.1, -0.05) is 43.0 Å². The van der Waals surface area contributed by atoms with Crippen molar-refractivity contribution in [3.8, 4) is 0 Å².